The fourth-order valence-corrected chi connectivity index (χ4v) is 4.17. The van der Waals surface area contributed by atoms with Crippen LogP contribution in [0.2, 0.25) is 0 Å². The summed E-state index contributed by atoms with van der Waals surface area (Å²) in [6.07, 6.45) is -0.578. The number of anilines is 1. The summed E-state index contributed by atoms with van der Waals surface area (Å²) in [4.78, 5) is 4.23. The fourth-order valence-electron chi connectivity index (χ4n) is 3.01. The molecule has 0 aliphatic carbocycles. The van der Waals surface area contributed by atoms with Gasteiger partial charge in [0.25, 0.3) is 0 Å². The molecule has 0 amide bonds. The van der Waals surface area contributed by atoms with E-state index in [2.05, 4.69) is 36.8 Å². The van der Waals surface area contributed by atoms with Crippen LogP contribution in [0.1, 0.15) is 0 Å². The molecular weight excluding hydrogens is 467 g/mol. The Labute approximate surface area is 169 Å². The van der Waals surface area contributed by atoms with Crippen LogP contribution in [0, 0.1) is 5.82 Å². The maximum absolute atomic E-state index is 13.9. The van der Waals surface area contributed by atoms with Crippen molar-refractivity contribution in [2.75, 3.05) is 44.2 Å². The van der Waals surface area contributed by atoms with Crippen molar-refractivity contribution in [2.24, 2.45) is 0 Å². The van der Waals surface area contributed by atoms with Crippen LogP contribution in [0.15, 0.2) is 51.4 Å². The third-order valence-corrected chi connectivity index (χ3v) is 5.47. The van der Waals surface area contributed by atoms with Gasteiger partial charge in [0.05, 0.1) is 10.2 Å². The number of rotatable bonds is 6. The highest BCUT2D eigenvalue weighted by Gasteiger charge is 2.21. The SMILES string of the molecule is OC(COc1ccc(Br)cc1Br)CN1CCN(c2ccccc2F)CC1. The van der Waals surface area contributed by atoms with Crippen LogP contribution in [0.4, 0.5) is 10.1 Å². The minimum atomic E-state index is -0.578. The topological polar surface area (TPSA) is 35.9 Å². The number of piperazine rings is 1. The molecule has 0 saturated carbocycles. The fraction of sp³-hybridized carbons (Fsp3) is 0.368. The molecule has 1 aliphatic rings. The van der Waals surface area contributed by atoms with Gasteiger partial charge in [-0.2, -0.15) is 0 Å². The number of hydrogen-bond acceptors (Lipinski definition) is 4. The molecule has 2 aromatic carbocycles. The second-order valence-electron chi connectivity index (χ2n) is 6.28. The number of β-amino-alcohol motifs (C(OH)–C–C–N with tert-alkyl or cyclic N) is 1. The quantitative estimate of drug-likeness (QED) is 0.670. The molecule has 1 saturated heterocycles. The number of para-hydroxylation sites is 1. The van der Waals surface area contributed by atoms with Crippen LogP contribution in [-0.2, 0) is 0 Å². The average Bonchev–Trinajstić information content (AvgIpc) is 2.62. The molecule has 0 spiro atoms. The van der Waals surface area contributed by atoms with Crippen LogP contribution in [0.3, 0.4) is 0 Å². The van der Waals surface area contributed by atoms with E-state index >= 15 is 0 Å². The Kier molecular flexibility index (Phi) is 6.92. The Morgan fingerprint density at radius 3 is 2.50 bits per heavy atom. The van der Waals surface area contributed by atoms with Gasteiger partial charge in [0, 0.05) is 37.2 Å². The Hall–Kier alpha value is -1.15. The maximum atomic E-state index is 13.9. The molecule has 7 heteroatoms. The summed E-state index contributed by atoms with van der Waals surface area (Å²) in [7, 11) is 0. The van der Waals surface area contributed by atoms with E-state index in [0.29, 0.717) is 18.0 Å². The summed E-state index contributed by atoms with van der Waals surface area (Å²) in [5.74, 6) is 0.520. The summed E-state index contributed by atoms with van der Waals surface area (Å²) in [5.41, 5.74) is 0.649. The van der Waals surface area contributed by atoms with Crippen molar-refractivity contribution in [2.45, 2.75) is 6.10 Å². The van der Waals surface area contributed by atoms with Crippen LogP contribution < -0.4 is 9.64 Å². The van der Waals surface area contributed by atoms with Crippen molar-refractivity contribution in [3.05, 3.63) is 57.2 Å². The second-order valence-corrected chi connectivity index (χ2v) is 8.05. The molecule has 0 aromatic heterocycles. The summed E-state index contributed by atoms with van der Waals surface area (Å²) >= 11 is 6.85. The van der Waals surface area contributed by atoms with E-state index < -0.39 is 6.10 Å². The molecule has 2 aromatic rings. The summed E-state index contributed by atoms with van der Waals surface area (Å²) < 4.78 is 21.4. The number of aliphatic hydroxyl groups excluding tert-OH is 1. The minimum Gasteiger partial charge on any atom is -0.490 e. The van der Waals surface area contributed by atoms with Gasteiger partial charge in [0.2, 0.25) is 0 Å². The van der Waals surface area contributed by atoms with Gasteiger partial charge in [-0.1, -0.05) is 28.1 Å². The van der Waals surface area contributed by atoms with Crippen molar-refractivity contribution in [1.82, 2.24) is 4.90 Å². The summed E-state index contributed by atoms with van der Waals surface area (Å²) in [5, 5.41) is 10.3. The van der Waals surface area contributed by atoms with E-state index in [1.165, 1.54) is 6.07 Å². The zero-order valence-electron chi connectivity index (χ0n) is 14.2. The standard InChI is InChI=1S/C19H21Br2FN2O2/c20-14-5-6-19(16(21)11-14)26-13-15(25)12-23-7-9-24(10-8-23)18-4-2-1-3-17(18)22/h1-6,11,15,25H,7-10,12-13H2. The lowest BCUT2D eigenvalue weighted by Gasteiger charge is -2.36. The van der Waals surface area contributed by atoms with E-state index in [0.717, 1.165) is 35.1 Å². The molecule has 1 unspecified atom stereocenters. The lowest BCUT2D eigenvalue weighted by Crippen LogP contribution is -2.49. The van der Waals surface area contributed by atoms with E-state index in [1.54, 1.807) is 6.07 Å². The van der Waals surface area contributed by atoms with Crippen molar-refractivity contribution >= 4 is 37.5 Å². The van der Waals surface area contributed by atoms with Crippen LogP contribution >= 0.6 is 31.9 Å². The minimum absolute atomic E-state index is 0.186. The number of halogens is 3. The molecule has 1 heterocycles. The molecule has 0 radical (unpaired) electrons. The Balaban J connectivity index is 1.44. The predicted molar refractivity (Wildman–Crippen MR) is 108 cm³/mol. The smallest absolute Gasteiger partial charge is 0.146 e. The number of benzene rings is 2. The normalized spacial score (nSPS) is 16.5. The summed E-state index contributed by atoms with van der Waals surface area (Å²) in [6.45, 7) is 3.83. The lowest BCUT2D eigenvalue weighted by molar-refractivity contribution is 0.0660. The van der Waals surface area contributed by atoms with Gasteiger partial charge in [-0.05, 0) is 46.3 Å². The maximum Gasteiger partial charge on any atom is 0.146 e. The molecule has 1 aliphatic heterocycles. The first kappa shape index (κ1) is 19.6. The monoisotopic (exact) mass is 486 g/mol. The zero-order valence-corrected chi connectivity index (χ0v) is 17.4. The first-order chi connectivity index (χ1) is 12.5. The van der Waals surface area contributed by atoms with Crippen molar-refractivity contribution in [1.29, 1.82) is 0 Å². The second kappa shape index (κ2) is 9.17. The summed E-state index contributed by atoms with van der Waals surface area (Å²) in [6, 6.07) is 12.5. The molecular formula is C19H21Br2FN2O2. The van der Waals surface area contributed by atoms with Crippen LogP contribution in [-0.4, -0.2) is 55.4 Å². The van der Waals surface area contributed by atoms with Gasteiger partial charge in [-0.25, -0.2) is 4.39 Å². The van der Waals surface area contributed by atoms with Gasteiger partial charge in [-0.3, -0.25) is 4.90 Å². The average molecular weight is 488 g/mol. The Morgan fingerprint density at radius 1 is 1.08 bits per heavy atom. The molecule has 4 nitrogen and oxygen atoms in total. The van der Waals surface area contributed by atoms with Crippen molar-refractivity contribution in [3.63, 3.8) is 0 Å². The molecule has 3 rings (SSSR count). The van der Waals surface area contributed by atoms with Gasteiger partial charge in [0.1, 0.15) is 24.3 Å². The lowest BCUT2D eigenvalue weighted by atomic mass is 10.2. The van der Waals surface area contributed by atoms with Gasteiger partial charge < -0.3 is 14.7 Å². The zero-order chi connectivity index (χ0) is 18.5. The molecule has 140 valence electrons. The van der Waals surface area contributed by atoms with Crippen LogP contribution in [0.5, 0.6) is 5.75 Å². The van der Waals surface area contributed by atoms with Crippen molar-refractivity contribution < 1.29 is 14.2 Å². The molecule has 26 heavy (non-hydrogen) atoms. The molecule has 1 fully saturated rings. The highest BCUT2D eigenvalue weighted by atomic mass is 79.9. The van der Waals surface area contributed by atoms with Crippen molar-refractivity contribution in [3.8, 4) is 5.75 Å². The number of nitrogens with zero attached hydrogens (tertiary/aromatic N) is 2. The van der Waals surface area contributed by atoms with Gasteiger partial charge >= 0.3 is 0 Å². The number of aliphatic hydroxyl groups is 1. The number of ether oxygens (including phenoxy) is 1. The highest BCUT2D eigenvalue weighted by Crippen LogP contribution is 2.28. The predicted octanol–water partition coefficient (Wildman–Crippen LogP) is 3.91. The molecule has 1 atom stereocenters. The van der Waals surface area contributed by atoms with E-state index in [9.17, 15) is 9.50 Å². The highest BCUT2D eigenvalue weighted by molar-refractivity contribution is 9.11. The van der Waals surface area contributed by atoms with E-state index in [-0.39, 0.29) is 12.4 Å². The van der Waals surface area contributed by atoms with Gasteiger partial charge in [-0.15, -0.1) is 0 Å². The third kappa shape index (κ3) is 5.19. The van der Waals surface area contributed by atoms with Gasteiger partial charge in [0.15, 0.2) is 0 Å². The van der Waals surface area contributed by atoms with E-state index in [4.69, 9.17) is 4.74 Å². The third-order valence-electron chi connectivity index (χ3n) is 4.36. The first-order valence-corrected chi connectivity index (χ1v) is 10.1. The first-order valence-electron chi connectivity index (χ1n) is 8.50. The Morgan fingerprint density at radius 2 is 1.81 bits per heavy atom. The molecule has 1 N–H and O–H groups in total. The van der Waals surface area contributed by atoms with E-state index in [1.807, 2.05) is 35.2 Å². The number of hydrogen-bond donors (Lipinski definition) is 1. The molecule has 0 bridgehead atoms. The van der Waals surface area contributed by atoms with Crippen LogP contribution in [0.25, 0.3) is 0 Å². The Bertz CT molecular complexity index is 739. The largest absolute Gasteiger partial charge is 0.490 e.